The van der Waals surface area contributed by atoms with Crippen LogP contribution in [0.1, 0.15) is 89.9 Å². The van der Waals surface area contributed by atoms with Gasteiger partial charge < -0.3 is 14.9 Å². The summed E-state index contributed by atoms with van der Waals surface area (Å²) >= 11 is 0. The Labute approximate surface area is 136 Å². The average Bonchev–Trinajstić information content (AvgIpc) is 2.52. The molecule has 0 unspecified atom stereocenters. The maximum atomic E-state index is 11.5. The van der Waals surface area contributed by atoms with Crippen LogP contribution in [0.2, 0.25) is 0 Å². The number of carbonyl (C=O) groups excluding carboxylic acids is 1. The summed E-state index contributed by atoms with van der Waals surface area (Å²) in [4.78, 5) is 11.5. The van der Waals surface area contributed by atoms with Gasteiger partial charge in [-0.1, -0.05) is 57.8 Å². The number of hydrogen-bond donors (Lipinski definition) is 2. The molecule has 0 bridgehead atoms. The molecule has 0 heterocycles. The molecule has 2 N–H and O–H groups in total. The number of hydrogen-bond acceptors (Lipinski definition) is 4. The zero-order valence-electron chi connectivity index (χ0n) is 14.2. The standard InChI is InChI=1S/C18H36O4/c19-15-11-7-3-1-2-6-10-14-18(21)22-17-13-9-5-4-8-12-16-20/h19-20H,1-17H2. The molecule has 0 aliphatic carbocycles. The van der Waals surface area contributed by atoms with Crippen LogP contribution in [-0.4, -0.2) is 36.0 Å². The van der Waals surface area contributed by atoms with Crippen molar-refractivity contribution < 1.29 is 19.7 Å². The molecule has 4 nitrogen and oxygen atoms in total. The van der Waals surface area contributed by atoms with Crippen LogP contribution in [0.25, 0.3) is 0 Å². The molecule has 0 amide bonds. The van der Waals surface area contributed by atoms with Gasteiger partial charge in [-0.15, -0.1) is 0 Å². The predicted octanol–water partition coefficient (Wildman–Crippen LogP) is 3.98. The van der Waals surface area contributed by atoms with Crippen molar-refractivity contribution in [2.75, 3.05) is 19.8 Å². The first kappa shape index (κ1) is 21.4. The molecule has 0 saturated carbocycles. The Hall–Kier alpha value is -0.610. The van der Waals surface area contributed by atoms with Gasteiger partial charge in [-0.25, -0.2) is 0 Å². The summed E-state index contributed by atoms with van der Waals surface area (Å²) in [7, 11) is 0. The molecule has 0 aromatic carbocycles. The third-order valence-corrected chi connectivity index (χ3v) is 3.85. The summed E-state index contributed by atoms with van der Waals surface area (Å²) in [5.74, 6) is -0.0550. The number of carbonyl (C=O) groups is 1. The lowest BCUT2D eigenvalue weighted by atomic mass is 10.1. The lowest BCUT2D eigenvalue weighted by Gasteiger charge is -2.05. The maximum Gasteiger partial charge on any atom is 0.305 e. The normalized spacial score (nSPS) is 10.8. The van der Waals surface area contributed by atoms with E-state index in [0.29, 0.717) is 26.2 Å². The highest BCUT2D eigenvalue weighted by Gasteiger charge is 2.02. The zero-order valence-corrected chi connectivity index (χ0v) is 14.2. The Morgan fingerprint density at radius 2 is 1.00 bits per heavy atom. The van der Waals surface area contributed by atoms with E-state index in [-0.39, 0.29) is 5.97 Å². The third kappa shape index (κ3) is 17.4. The summed E-state index contributed by atoms with van der Waals surface area (Å²) in [5, 5.41) is 17.3. The zero-order chi connectivity index (χ0) is 16.3. The van der Waals surface area contributed by atoms with Crippen molar-refractivity contribution in [3.63, 3.8) is 0 Å². The van der Waals surface area contributed by atoms with Gasteiger partial charge in [0.25, 0.3) is 0 Å². The molecule has 0 fully saturated rings. The highest BCUT2D eigenvalue weighted by molar-refractivity contribution is 5.69. The molecule has 0 atom stereocenters. The molecule has 0 saturated heterocycles. The van der Waals surface area contributed by atoms with E-state index in [2.05, 4.69) is 0 Å². The van der Waals surface area contributed by atoms with Gasteiger partial charge in [-0.3, -0.25) is 4.79 Å². The lowest BCUT2D eigenvalue weighted by molar-refractivity contribution is -0.143. The van der Waals surface area contributed by atoms with E-state index in [0.717, 1.165) is 64.2 Å². The molecular formula is C18H36O4. The third-order valence-electron chi connectivity index (χ3n) is 3.85. The number of aliphatic hydroxyl groups is 2. The Morgan fingerprint density at radius 1 is 0.591 bits per heavy atom. The fourth-order valence-corrected chi connectivity index (χ4v) is 2.44. The van der Waals surface area contributed by atoms with Gasteiger partial charge >= 0.3 is 5.97 Å². The summed E-state index contributed by atoms with van der Waals surface area (Å²) in [6, 6.07) is 0. The highest BCUT2D eigenvalue weighted by atomic mass is 16.5. The largest absolute Gasteiger partial charge is 0.466 e. The van der Waals surface area contributed by atoms with Gasteiger partial charge in [0.15, 0.2) is 0 Å². The first-order chi connectivity index (χ1) is 10.8. The Kier molecular flexibility index (Phi) is 17.9. The number of aliphatic hydroxyl groups excluding tert-OH is 2. The van der Waals surface area contributed by atoms with Crippen molar-refractivity contribution in [1.29, 1.82) is 0 Å². The van der Waals surface area contributed by atoms with Crippen molar-refractivity contribution in [3.8, 4) is 0 Å². The van der Waals surface area contributed by atoms with Gasteiger partial charge in [0, 0.05) is 19.6 Å². The first-order valence-electron chi connectivity index (χ1n) is 9.18. The minimum atomic E-state index is -0.0550. The molecule has 0 spiro atoms. The van der Waals surface area contributed by atoms with Crippen LogP contribution in [-0.2, 0) is 9.53 Å². The van der Waals surface area contributed by atoms with Crippen LogP contribution in [0.5, 0.6) is 0 Å². The molecular weight excluding hydrogens is 280 g/mol. The summed E-state index contributed by atoms with van der Waals surface area (Å²) in [5.41, 5.74) is 0. The van der Waals surface area contributed by atoms with Crippen molar-refractivity contribution in [2.24, 2.45) is 0 Å². The second-order valence-electron chi connectivity index (χ2n) is 6.01. The van der Waals surface area contributed by atoms with Gasteiger partial charge in [-0.2, -0.15) is 0 Å². The molecule has 0 aliphatic rings. The SMILES string of the molecule is O=C(CCCCCCCCCO)OCCCCCCCCO. The Bertz CT molecular complexity index is 209. The number of ether oxygens (including phenoxy) is 1. The Morgan fingerprint density at radius 3 is 1.50 bits per heavy atom. The number of unbranched alkanes of at least 4 members (excludes halogenated alkanes) is 11. The van der Waals surface area contributed by atoms with Crippen LogP contribution in [0.4, 0.5) is 0 Å². The van der Waals surface area contributed by atoms with Crippen LogP contribution in [0.15, 0.2) is 0 Å². The smallest absolute Gasteiger partial charge is 0.305 e. The second kappa shape index (κ2) is 18.4. The lowest BCUT2D eigenvalue weighted by Crippen LogP contribution is -2.05. The highest BCUT2D eigenvalue weighted by Crippen LogP contribution is 2.09. The van der Waals surface area contributed by atoms with E-state index in [9.17, 15) is 4.79 Å². The summed E-state index contributed by atoms with van der Waals surface area (Å²) in [6.45, 7) is 1.15. The summed E-state index contributed by atoms with van der Waals surface area (Å²) in [6.07, 6.45) is 14.5. The minimum Gasteiger partial charge on any atom is -0.466 e. The molecule has 0 aromatic heterocycles. The van der Waals surface area contributed by atoms with Crippen molar-refractivity contribution in [1.82, 2.24) is 0 Å². The fraction of sp³-hybridized carbons (Fsp3) is 0.944. The molecule has 0 radical (unpaired) electrons. The fourth-order valence-electron chi connectivity index (χ4n) is 2.44. The number of esters is 1. The van der Waals surface area contributed by atoms with Crippen molar-refractivity contribution >= 4 is 5.97 Å². The van der Waals surface area contributed by atoms with E-state index < -0.39 is 0 Å². The Balaban J connectivity index is 3.13. The van der Waals surface area contributed by atoms with E-state index in [4.69, 9.17) is 14.9 Å². The van der Waals surface area contributed by atoms with E-state index in [1.807, 2.05) is 0 Å². The topological polar surface area (TPSA) is 66.8 Å². The summed E-state index contributed by atoms with van der Waals surface area (Å²) < 4.78 is 5.22. The first-order valence-corrected chi connectivity index (χ1v) is 9.18. The van der Waals surface area contributed by atoms with Crippen molar-refractivity contribution in [3.05, 3.63) is 0 Å². The van der Waals surface area contributed by atoms with Crippen LogP contribution >= 0.6 is 0 Å². The number of rotatable bonds is 17. The molecule has 0 aromatic rings. The second-order valence-corrected chi connectivity index (χ2v) is 6.01. The maximum absolute atomic E-state index is 11.5. The molecule has 22 heavy (non-hydrogen) atoms. The monoisotopic (exact) mass is 316 g/mol. The van der Waals surface area contributed by atoms with E-state index in [1.54, 1.807) is 0 Å². The van der Waals surface area contributed by atoms with E-state index >= 15 is 0 Å². The quantitative estimate of drug-likeness (QED) is 0.315. The minimum absolute atomic E-state index is 0.0550. The van der Waals surface area contributed by atoms with Crippen LogP contribution in [0.3, 0.4) is 0 Å². The van der Waals surface area contributed by atoms with Gasteiger partial charge in [0.05, 0.1) is 6.61 Å². The van der Waals surface area contributed by atoms with Gasteiger partial charge in [0.2, 0.25) is 0 Å². The van der Waals surface area contributed by atoms with Crippen LogP contribution < -0.4 is 0 Å². The van der Waals surface area contributed by atoms with Crippen molar-refractivity contribution in [2.45, 2.75) is 89.9 Å². The molecule has 4 heteroatoms. The molecule has 0 rings (SSSR count). The van der Waals surface area contributed by atoms with Gasteiger partial charge in [0.1, 0.15) is 0 Å². The average molecular weight is 316 g/mol. The van der Waals surface area contributed by atoms with E-state index in [1.165, 1.54) is 19.3 Å². The van der Waals surface area contributed by atoms with Crippen LogP contribution in [0, 0.1) is 0 Å². The predicted molar refractivity (Wildman–Crippen MR) is 89.8 cm³/mol. The molecule has 0 aliphatic heterocycles. The van der Waals surface area contributed by atoms with Gasteiger partial charge in [-0.05, 0) is 25.7 Å². The molecule has 132 valence electrons.